The van der Waals surface area contributed by atoms with Crippen LogP contribution in [0.4, 0.5) is 0 Å². The number of aromatic nitrogens is 6. The number of H-pyrrole nitrogens is 3. The molecule has 0 saturated heterocycles. The quantitative estimate of drug-likeness (QED) is 0.625. The van der Waals surface area contributed by atoms with Crippen LogP contribution < -0.4 is 5.69 Å². The summed E-state index contributed by atoms with van der Waals surface area (Å²) >= 11 is 1.39. The Bertz CT molecular complexity index is 847. The molecule has 0 aliphatic rings. The topological polar surface area (TPSA) is 103 Å². The van der Waals surface area contributed by atoms with Crippen molar-refractivity contribution < 1.29 is 0 Å². The van der Waals surface area contributed by atoms with E-state index in [1.807, 2.05) is 30.4 Å². The third-order valence-electron chi connectivity index (χ3n) is 2.98. The third-order valence-corrected chi connectivity index (χ3v) is 3.84. The first-order valence-electron chi connectivity index (χ1n) is 6.63. The van der Waals surface area contributed by atoms with Crippen molar-refractivity contribution in [1.29, 1.82) is 0 Å². The standard InChI is InChI=1S/C14H14N6OS/c1-9-4-2-3-5-10(9)6-7-11-16-14(20-17-11)22-8-12-15-13(21)19-18-12/h2-7H,8H2,1H3,(H,16,17,20)(H2,15,18,19,21)/b7-6+. The highest BCUT2D eigenvalue weighted by Gasteiger charge is 2.04. The highest BCUT2D eigenvalue weighted by atomic mass is 32.2. The Balaban J connectivity index is 1.64. The number of benzene rings is 1. The van der Waals surface area contributed by atoms with E-state index in [2.05, 4.69) is 43.4 Å². The number of hydrogen-bond acceptors (Lipinski definition) is 5. The van der Waals surface area contributed by atoms with Crippen LogP contribution in [0.25, 0.3) is 12.2 Å². The van der Waals surface area contributed by atoms with Crippen LogP contribution in [0, 0.1) is 6.92 Å². The van der Waals surface area contributed by atoms with Crippen molar-refractivity contribution >= 4 is 23.9 Å². The van der Waals surface area contributed by atoms with Crippen molar-refractivity contribution in [3.05, 3.63) is 57.5 Å². The van der Waals surface area contributed by atoms with E-state index < -0.39 is 0 Å². The van der Waals surface area contributed by atoms with Crippen LogP contribution in [0.2, 0.25) is 0 Å². The van der Waals surface area contributed by atoms with Gasteiger partial charge in [0, 0.05) is 0 Å². The fourth-order valence-corrected chi connectivity index (χ4v) is 2.52. The Morgan fingerprint density at radius 3 is 2.82 bits per heavy atom. The van der Waals surface area contributed by atoms with E-state index in [1.54, 1.807) is 0 Å². The van der Waals surface area contributed by atoms with E-state index >= 15 is 0 Å². The van der Waals surface area contributed by atoms with Crippen LogP contribution in [-0.2, 0) is 5.75 Å². The monoisotopic (exact) mass is 314 g/mol. The van der Waals surface area contributed by atoms with Crippen LogP contribution in [0.5, 0.6) is 0 Å². The summed E-state index contributed by atoms with van der Waals surface area (Å²) in [7, 11) is 0. The molecule has 0 aliphatic carbocycles. The third kappa shape index (κ3) is 3.53. The van der Waals surface area contributed by atoms with Gasteiger partial charge in [0.25, 0.3) is 0 Å². The van der Waals surface area contributed by atoms with Crippen LogP contribution in [0.1, 0.15) is 22.8 Å². The van der Waals surface area contributed by atoms with Gasteiger partial charge in [-0.15, -0.1) is 5.10 Å². The van der Waals surface area contributed by atoms with E-state index in [0.717, 1.165) is 5.56 Å². The number of nitrogens with zero attached hydrogens (tertiary/aromatic N) is 3. The minimum atomic E-state index is -0.313. The molecule has 0 aliphatic heterocycles. The molecule has 0 amide bonds. The van der Waals surface area contributed by atoms with E-state index in [1.165, 1.54) is 17.3 Å². The van der Waals surface area contributed by atoms with Crippen LogP contribution in [-0.4, -0.2) is 30.4 Å². The summed E-state index contributed by atoms with van der Waals surface area (Å²) in [5.74, 6) is 1.75. The predicted molar refractivity (Wildman–Crippen MR) is 85.3 cm³/mol. The smallest absolute Gasteiger partial charge is 0.292 e. The lowest BCUT2D eigenvalue weighted by Gasteiger charge is -1.97. The summed E-state index contributed by atoms with van der Waals surface area (Å²) in [4.78, 5) is 17.9. The highest BCUT2D eigenvalue weighted by Crippen LogP contribution is 2.17. The summed E-state index contributed by atoms with van der Waals surface area (Å²) < 4.78 is 0. The summed E-state index contributed by atoms with van der Waals surface area (Å²) in [6, 6.07) is 8.12. The second kappa shape index (κ2) is 6.44. The molecule has 1 aromatic carbocycles. The van der Waals surface area contributed by atoms with E-state index in [0.29, 0.717) is 22.6 Å². The molecule has 0 unspecified atom stereocenters. The molecule has 3 aromatic rings. The molecule has 3 N–H and O–H groups in total. The minimum Gasteiger partial charge on any atom is -0.292 e. The maximum absolute atomic E-state index is 10.9. The average molecular weight is 314 g/mol. The van der Waals surface area contributed by atoms with Crippen molar-refractivity contribution in [1.82, 2.24) is 30.4 Å². The second-order valence-electron chi connectivity index (χ2n) is 4.61. The van der Waals surface area contributed by atoms with Crippen molar-refractivity contribution in [3.63, 3.8) is 0 Å². The van der Waals surface area contributed by atoms with Gasteiger partial charge in [-0.2, -0.15) is 5.10 Å². The molecule has 0 radical (unpaired) electrons. The highest BCUT2D eigenvalue weighted by molar-refractivity contribution is 7.98. The van der Waals surface area contributed by atoms with E-state index in [-0.39, 0.29) is 5.69 Å². The predicted octanol–water partition coefficient (Wildman–Crippen LogP) is 1.99. The number of hydrogen-bond donors (Lipinski definition) is 3. The molecule has 2 heterocycles. The van der Waals surface area contributed by atoms with Crippen LogP contribution in [0.15, 0.2) is 34.2 Å². The molecule has 0 spiro atoms. The molecule has 112 valence electrons. The molecule has 8 heteroatoms. The Labute approximate surface area is 130 Å². The van der Waals surface area contributed by atoms with Gasteiger partial charge in [-0.05, 0) is 24.1 Å². The Kier molecular flexibility index (Phi) is 4.19. The number of aromatic amines is 3. The van der Waals surface area contributed by atoms with Gasteiger partial charge < -0.3 is 0 Å². The van der Waals surface area contributed by atoms with Gasteiger partial charge in [0.05, 0.1) is 5.75 Å². The number of aryl methyl sites for hydroxylation is 1. The van der Waals surface area contributed by atoms with E-state index in [4.69, 9.17) is 0 Å². The summed E-state index contributed by atoms with van der Waals surface area (Å²) in [6.45, 7) is 2.06. The molecule has 0 bridgehead atoms. The molecule has 0 atom stereocenters. The van der Waals surface area contributed by atoms with Crippen molar-refractivity contribution in [3.8, 4) is 0 Å². The Hall–Kier alpha value is -2.61. The second-order valence-corrected chi connectivity index (χ2v) is 5.55. The fraction of sp³-hybridized carbons (Fsp3) is 0.143. The first-order valence-corrected chi connectivity index (χ1v) is 7.62. The van der Waals surface area contributed by atoms with Crippen LogP contribution >= 0.6 is 11.8 Å². The molecule has 3 rings (SSSR count). The fourth-order valence-electron chi connectivity index (χ4n) is 1.85. The van der Waals surface area contributed by atoms with Gasteiger partial charge in [-0.1, -0.05) is 42.1 Å². The van der Waals surface area contributed by atoms with E-state index in [9.17, 15) is 4.79 Å². The zero-order valence-corrected chi connectivity index (χ0v) is 12.6. The zero-order chi connectivity index (χ0) is 15.4. The maximum Gasteiger partial charge on any atom is 0.340 e. The van der Waals surface area contributed by atoms with Crippen molar-refractivity contribution in [2.75, 3.05) is 0 Å². The van der Waals surface area contributed by atoms with Gasteiger partial charge in [0.15, 0.2) is 0 Å². The van der Waals surface area contributed by atoms with Gasteiger partial charge in [0.1, 0.15) is 11.6 Å². The molecule has 0 fully saturated rings. The summed E-state index contributed by atoms with van der Waals surface area (Å²) in [5.41, 5.74) is 2.03. The number of rotatable bonds is 5. The lowest BCUT2D eigenvalue weighted by molar-refractivity contribution is 0.965. The minimum absolute atomic E-state index is 0.313. The van der Waals surface area contributed by atoms with Gasteiger partial charge in [0.2, 0.25) is 5.16 Å². The number of thioether (sulfide) groups is 1. The SMILES string of the molecule is Cc1ccccc1/C=C/c1nc(SCc2n[nH]c(=O)[nH]2)n[nH]1. The summed E-state index contributed by atoms with van der Waals surface area (Å²) in [6.07, 6.45) is 3.88. The average Bonchev–Trinajstić information content (AvgIpc) is 3.13. The molecule has 0 saturated carbocycles. The molecular weight excluding hydrogens is 300 g/mol. The normalized spacial score (nSPS) is 11.3. The maximum atomic E-state index is 10.9. The zero-order valence-electron chi connectivity index (χ0n) is 11.8. The van der Waals surface area contributed by atoms with Crippen molar-refractivity contribution in [2.24, 2.45) is 0 Å². The summed E-state index contributed by atoms with van der Waals surface area (Å²) in [5, 5.41) is 13.7. The lowest BCUT2D eigenvalue weighted by atomic mass is 10.1. The first-order chi connectivity index (χ1) is 10.7. The molecule has 7 nitrogen and oxygen atoms in total. The molecule has 2 aromatic heterocycles. The molecular formula is C14H14N6OS. The molecule has 22 heavy (non-hydrogen) atoms. The van der Waals surface area contributed by atoms with Crippen LogP contribution in [0.3, 0.4) is 0 Å². The largest absolute Gasteiger partial charge is 0.340 e. The van der Waals surface area contributed by atoms with Gasteiger partial charge in [-0.25, -0.2) is 14.9 Å². The lowest BCUT2D eigenvalue weighted by Crippen LogP contribution is -2.00. The van der Waals surface area contributed by atoms with Crippen molar-refractivity contribution in [2.45, 2.75) is 17.8 Å². The number of nitrogens with one attached hydrogen (secondary N) is 3. The Morgan fingerprint density at radius 2 is 2.05 bits per heavy atom. The Morgan fingerprint density at radius 1 is 1.18 bits per heavy atom. The van der Waals surface area contributed by atoms with Gasteiger partial charge in [-0.3, -0.25) is 10.1 Å². The van der Waals surface area contributed by atoms with Gasteiger partial charge >= 0.3 is 5.69 Å². The first kappa shape index (κ1) is 14.3.